The molecule has 20 heavy (non-hydrogen) atoms. The Bertz CT molecular complexity index is 550. The molecule has 0 saturated carbocycles. The summed E-state index contributed by atoms with van der Waals surface area (Å²) in [4.78, 5) is 1.78. The van der Waals surface area contributed by atoms with E-state index in [-0.39, 0.29) is 4.90 Å². The van der Waals surface area contributed by atoms with Gasteiger partial charge < -0.3 is 10.2 Å². The Morgan fingerprint density at radius 3 is 2.10 bits per heavy atom. The minimum absolute atomic E-state index is 0.322. The second-order valence-electron chi connectivity index (χ2n) is 5.17. The molecule has 2 unspecified atom stereocenters. The number of halogens is 2. The molecule has 0 bridgehead atoms. The summed E-state index contributed by atoms with van der Waals surface area (Å²) in [5, 5.41) is 3.39. The third-order valence-corrected chi connectivity index (χ3v) is 4.72. The smallest absolute Gasteiger partial charge is 0.341 e. The van der Waals surface area contributed by atoms with Gasteiger partial charge >= 0.3 is 5.76 Å². The number of alkyl halides is 2. The quantitative estimate of drug-likeness (QED) is 0.926. The highest BCUT2D eigenvalue weighted by Crippen LogP contribution is 2.23. The largest absolute Gasteiger partial charge is 0.368 e. The first kappa shape index (κ1) is 15.2. The number of piperazine rings is 1. The first-order valence-corrected chi connectivity index (χ1v) is 7.98. The van der Waals surface area contributed by atoms with E-state index in [1.54, 1.807) is 12.1 Å². The van der Waals surface area contributed by atoms with Crippen molar-refractivity contribution in [3.05, 3.63) is 24.3 Å². The Morgan fingerprint density at radius 1 is 1.15 bits per heavy atom. The van der Waals surface area contributed by atoms with Crippen molar-refractivity contribution in [2.45, 2.75) is 36.6 Å². The number of rotatable bonds is 3. The molecule has 1 heterocycles. The van der Waals surface area contributed by atoms with Crippen LogP contribution in [-0.2, 0) is 9.84 Å². The van der Waals surface area contributed by atoms with Crippen LogP contribution < -0.4 is 10.2 Å². The molecular weight excluding hydrogens is 286 g/mol. The average Bonchev–Trinajstić information content (AvgIpc) is 2.37. The van der Waals surface area contributed by atoms with E-state index in [0.29, 0.717) is 12.1 Å². The molecule has 1 N–H and O–H groups in total. The third kappa shape index (κ3) is 3.09. The van der Waals surface area contributed by atoms with Gasteiger partial charge in [0, 0.05) is 30.9 Å². The third-order valence-electron chi connectivity index (χ3n) is 3.32. The summed E-state index contributed by atoms with van der Waals surface area (Å²) < 4.78 is 47.6. The van der Waals surface area contributed by atoms with Crippen LogP contribution in [0.2, 0.25) is 0 Å². The van der Waals surface area contributed by atoms with E-state index in [0.717, 1.165) is 18.8 Å². The molecule has 1 aliphatic heterocycles. The van der Waals surface area contributed by atoms with E-state index in [1.807, 2.05) is 0 Å². The van der Waals surface area contributed by atoms with Gasteiger partial charge in [0.2, 0.25) is 9.84 Å². The number of sulfone groups is 1. The van der Waals surface area contributed by atoms with Gasteiger partial charge in [-0.25, -0.2) is 8.42 Å². The van der Waals surface area contributed by atoms with Crippen molar-refractivity contribution in [3.8, 4) is 0 Å². The summed E-state index contributed by atoms with van der Waals surface area (Å²) in [5.41, 5.74) is 0.846. The highest BCUT2D eigenvalue weighted by molar-refractivity contribution is 7.91. The van der Waals surface area contributed by atoms with Crippen LogP contribution >= 0.6 is 0 Å². The Balaban J connectivity index is 2.20. The van der Waals surface area contributed by atoms with Crippen molar-refractivity contribution >= 4 is 15.5 Å². The summed E-state index contributed by atoms with van der Waals surface area (Å²) >= 11 is 0. The molecule has 112 valence electrons. The van der Waals surface area contributed by atoms with Gasteiger partial charge in [0.1, 0.15) is 0 Å². The van der Waals surface area contributed by atoms with Crippen LogP contribution in [0.4, 0.5) is 14.5 Å². The predicted octanol–water partition coefficient (Wildman–Crippen LogP) is 1.87. The topological polar surface area (TPSA) is 49.4 Å². The van der Waals surface area contributed by atoms with Gasteiger partial charge in [-0.2, -0.15) is 8.78 Å². The lowest BCUT2D eigenvalue weighted by Crippen LogP contribution is -2.54. The molecular formula is C13H18F2N2O2S. The van der Waals surface area contributed by atoms with Crippen molar-refractivity contribution in [2.24, 2.45) is 0 Å². The molecule has 0 aliphatic carbocycles. The molecule has 2 atom stereocenters. The molecule has 1 aromatic carbocycles. The van der Waals surface area contributed by atoms with Crippen LogP contribution in [0.15, 0.2) is 29.2 Å². The van der Waals surface area contributed by atoms with Crippen LogP contribution in [0.5, 0.6) is 0 Å². The second kappa shape index (κ2) is 5.65. The lowest BCUT2D eigenvalue weighted by atomic mass is 10.1. The van der Waals surface area contributed by atoms with Crippen molar-refractivity contribution in [2.75, 3.05) is 18.0 Å². The number of benzene rings is 1. The minimum atomic E-state index is -4.51. The van der Waals surface area contributed by atoms with Crippen LogP contribution in [0.25, 0.3) is 0 Å². The van der Waals surface area contributed by atoms with E-state index in [1.165, 1.54) is 12.1 Å². The summed E-state index contributed by atoms with van der Waals surface area (Å²) in [5.74, 6) is -3.38. The Kier molecular flexibility index (Phi) is 4.29. The number of hydrogen-bond donors (Lipinski definition) is 1. The van der Waals surface area contributed by atoms with E-state index in [9.17, 15) is 17.2 Å². The van der Waals surface area contributed by atoms with E-state index in [2.05, 4.69) is 24.1 Å². The fourth-order valence-electron chi connectivity index (χ4n) is 2.49. The van der Waals surface area contributed by atoms with Gasteiger partial charge in [-0.05, 0) is 38.1 Å². The molecule has 7 heteroatoms. The zero-order valence-corrected chi connectivity index (χ0v) is 12.2. The van der Waals surface area contributed by atoms with Gasteiger partial charge in [0.25, 0.3) is 0 Å². The van der Waals surface area contributed by atoms with Gasteiger partial charge in [0.05, 0.1) is 4.90 Å². The standard InChI is InChI=1S/C13H18F2N2O2S/c1-9-7-17(8-10(2)16-9)11-3-5-12(6-4-11)20(18,19)13(14)15/h3-6,9-10,13,16H,7-8H2,1-2H3. The molecule has 0 aromatic heterocycles. The van der Waals surface area contributed by atoms with Crippen molar-refractivity contribution < 1.29 is 17.2 Å². The molecule has 1 saturated heterocycles. The molecule has 0 spiro atoms. The molecule has 1 aromatic rings. The van der Waals surface area contributed by atoms with Crippen molar-refractivity contribution in [3.63, 3.8) is 0 Å². The van der Waals surface area contributed by atoms with Crippen LogP contribution in [-0.4, -0.2) is 39.3 Å². The van der Waals surface area contributed by atoms with E-state index >= 15 is 0 Å². The van der Waals surface area contributed by atoms with Crippen LogP contribution in [0.3, 0.4) is 0 Å². The van der Waals surface area contributed by atoms with Crippen LogP contribution in [0, 0.1) is 0 Å². The Labute approximate surface area is 117 Å². The highest BCUT2D eigenvalue weighted by atomic mass is 32.2. The van der Waals surface area contributed by atoms with Crippen molar-refractivity contribution in [1.82, 2.24) is 5.32 Å². The fraction of sp³-hybridized carbons (Fsp3) is 0.538. The summed E-state index contributed by atoms with van der Waals surface area (Å²) in [7, 11) is -4.51. The predicted molar refractivity (Wildman–Crippen MR) is 73.9 cm³/mol. The summed E-state index contributed by atoms with van der Waals surface area (Å²) in [6.45, 7) is 5.73. The summed E-state index contributed by atoms with van der Waals surface area (Å²) in [6, 6.07) is 6.30. The number of hydrogen-bond acceptors (Lipinski definition) is 4. The molecule has 4 nitrogen and oxygen atoms in total. The van der Waals surface area contributed by atoms with Gasteiger partial charge in [-0.15, -0.1) is 0 Å². The normalized spacial score (nSPS) is 24.1. The second-order valence-corrected chi connectivity index (χ2v) is 7.09. The van der Waals surface area contributed by atoms with Crippen molar-refractivity contribution in [1.29, 1.82) is 0 Å². The number of nitrogens with one attached hydrogen (secondary N) is 1. The lowest BCUT2D eigenvalue weighted by molar-refractivity contribution is 0.234. The maximum atomic E-state index is 12.4. The molecule has 2 rings (SSSR count). The summed E-state index contributed by atoms with van der Waals surface area (Å²) in [6.07, 6.45) is 0. The SMILES string of the molecule is CC1CN(c2ccc(S(=O)(=O)C(F)F)cc2)CC(C)N1. The average molecular weight is 304 g/mol. The number of nitrogens with zero attached hydrogens (tertiary/aromatic N) is 1. The minimum Gasteiger partial charge on any atom is -0.368 e. The van der Waals surface area contributed by atoms with Gasteiger partial charge in [0.15, 0.2) is 0 Å². The van der Waals surface area contributed by atoms with Crippen LogP contribution in [0.1, 0.15) is 13.8 Å². The maximum absolute atomic E-state index is 12.4. The maximum Gasteiger partial charge on any atom is 0.341 e. The lowest BCUT2D eigenvalue weighted by Gasteiger charge is -2.37. The van der Waals surface area contributed by atoms with E-state index in [4.69, 9.17) is 0 Å². The van der Waals surface area contributed by atoms with Gasteiger partial charge in [-0.1, -0.05) is 0 Å². The highest BCUT2D eigenvalue weighted by Gasteiger charge is 2.27. The monoisotopic (exact) mass is 304 g/mol. The van der Waals surface area contributed by atoms with Gasteiger partial charge in [-0.3, -0.25) is 0 Å². The van der Waals surface area contributed by atoms with E-state index < -0.39 is 15.6 Å². The molecule has 0 radical (unpaired) electrons. The Hall–Kier alpha value is -1.21. The zero-order chi connectivity index (χ0) is 14.9. The first-order chi connectivity index (χ1) is 9.30. The first-order valence-electron chi connectivity index (χ1n) is 6.44. The Morgan fingerprint density at radius 2 is 1.65 bits per heavy atom. The molecule has 0 amide bonds. The molecule has 1 aliphatic rings. The molecule has 1 fully saturated rings. The fourth-order valence-corrected chi connectivity index (χ4v) is 3.21. The number of anilines is 1. The zero-order valence-electron chi connectivity index (χ0n) is 11.4.